The van der Waals surface area contributed by atoms with Crippen molar-refractivity contribution in [3.05, 3.63) is 48.5 Å². The first-order valence-electron chi connectivity index (χ1n) is 9.54. The largest absolute Gasteiger partial charge is 0.493 e. The molecule has 3 rings (SSSR count). The van der Waals surface area contributed by atoms with Gasteiger partial charge in [-0.1, -0.05) is 24.3 Å². The van der Waals surface area contributed by atoms with Gasteiger partial charge < -0.3 is 19.5 Å². The van der Waals surface area contributed by atoms with Crippen LogP contribution in [-0.4, -0.2) is 38.0 Å². The van der Waals surface area contributed by atoms with Crippen LogP contribution in [0, 0.1) is 0 Å². The molecule has 0 radical (unpaired) electrons. The van der Waals surface area contributed by atoms with Crippen LogP contribution in [0.5, 0.6) is 17.2 Å². The number of ether oxygens (including phenoxy) is 3. The highest BCUT2D eigenvalue weighted by molar-refractivity contribution is 8.00. The van der Waals surface area contributed by atoms with Crippen LogP contribution >= 0.6 is 11.8 Å². The SMILES string of the molecule is COc1cccc(OC2CCC(NC(=O)CSc3ccccc3)CC2)c1OC. The van der Waals surface area contributed by atoms with Gasteiger partial charge in [-0.2, -0.15) is 0 Å². The second kappa shape index (κ2) is 10.3. The topological polar surface area (TPSA) is 56.8 Å². The van der Waals surface area contributed by atoms with E-state index in [2.05, 4.69) is 5.32 Å². The van der Waals surface area contributed by atoms with Crippen molar-refractivity contribution in [2.24, 2.45) is 0 Å². The minimum atomic E-state index is 0.0905. The van der Waals surface area contributed by atoms with E-state index in [1.54, 1.807) is 26.0 Å². The normalized spacial score (nSPS) is 18.9. The van der Waals surface area contributed by atoms with Crippen LogP contribution in [0.2, 0.25) is 0 Å². The Kier molecular flexibility index (Phi) is 7.48. The van der Waals surface area contributed by atoms with E-state index in [1.165, 1.54) is 0 Å². The van der Waals surface area contributed by atoms with E-state index in [0.717, 1.165) is 30.6 Å². The van der Waals surface area contributed by atoms with E-state index in [1.807, 2.05) is 48.5 Å². The molecule has 0 aliphatic heterocycles. The molecule has 1 saturated carbocycles. The fourth-order valence-electron chi connectivity index (χ4n) is 3.39. The highest BCUT2D eigenvalue weighted by Gasteiger charge is 2.25. The molecule has 1 aliphatic rings. The number of hydrogen-bond donors (Lipinski definition) is 1. The average molecular weight is 402 g/mol. The third kappa shape index (κ3) is 5.58. The lowest BCUT2D eigenvalue weighted by atomic mass is 9.93. The molecule has 0 bridgehead atoms. The van der Waals surface area contributed by atoms with E-state index >= 15 is 0 Å². The summed E-state index contributed by atoms with van der Waals surface area (Å²) in [6.45, 7) is 0. The van der Waals surface area contributed by atoms with Crippen molar-refractivity contribution in [1.82, 2.24) is 5.32 Å². The molecular formula is C22H27NO4S. The van der Waals surface area contributed by atoms with Crippen LogP contribution in [0.15, 0.2) is 53.4 Å². The number of methoxy groups -OCH3 is 2. The van der Waals surface area contributed by atoms with Crippen LogP contribution in [0.3, 0.4) is 0 Å². The van der Waals surface area contributed by atoms with Crippen LogP contribution in [0.4, 0.5) is 0 Å². The lowest BCUT2D eigenvalue weighted by Crippen LogP contribution is -2.40. The molecule has 2 aromatic rings. The standard InChI is InChI=1S/C22H27NO4S/c1-25-19-9-6-10-20(22(19)26-2)27-17-13-11-16(12-14-17)23-21(24)15-28-18-7-4-3-5-8-18/h3-10,16-17H,11-15H2,1-2H3,(H,23,24). The van der Waals surface area contributed by atoms with Gasteiger partial charge in [-0.25, -0.2) is 0 Å². The molecule has 0 spiro atoms. The van der Waals surface area contributed by atoms with Gasteiger partial charge in [-0.15, -0.1) is 11.8 Å². The molecule has 2 aromatic carbocycles. The Labute approximate surface area is 170 Å². The van der Waals surface area contributed by atoms with Crippen molar-refractivity contribution in [1.29, 1.82) is 0 Å². The van der Waals surface area contributed by atoms with E-state index in [4.69, 9.17) is 14.2 Å². The van der Waals surface area contributed by atoms with E-state index in [9.17, 15) is 4.79 Å². The van der Waals surface area contributed by atoms with Crippen molar-refractivity contribution in [3.8, 4) is 17.2 Å². The van der Waals surface area contributed by atoms with Gasteiger partial charge in [0.05, 0.1) is 26.1 Å². The predicted molar refractivity (Wildman–Crippen MR) is 112 cm³/mol. The Hall–Kier alpha value is -2.34. The summed E-state index contributed by atoms with van der Waals surface area (Å²) in [5, 5.41) is 3.15. The smallest absolute Gasteiger partial charge is 0.230 e. The summed E-state index contributed by atoms with van der Waals surface area (Å²) >= 11 is 1.56. The van der Waals surface area contributed by atoms with Crippen molar-refractivity contribution in [2.75, 3.05) is 20.0 Å². The summed E-state index contributed by atoms with van der Waals surface area (Å²) in [6, 6.07) is 15.9. The number of benzene rings is 2. The van der Waals surface area contributed by atoms with Crippen LogP contribution in [0.1, 0.15) is 25.7 Å². The number of thioether (sulfide) groups is 1. The van der Waals surface area contributed by atoms with E-state index in [0.29, 0.717) is 23.0 Å². The predicted octanol–water partition coefficient (Wildman–Crippen LogP) is 4.30. The van der Waals surface area contributed by atoms with Crippen LogP contribution in [-0.2, 0) is 4.79 Å². The molecule has 150 valence electrons. The molecule has 6 heteroatoms. The molecule has 5 nitrogen and oxygen atoms in total. The third-order valence-corrected chi connectivity index (χ3v) is 5.82. The molecule has 1 amide bonds. The Morgan fingerprint density at radius 2 is 1.68 bits per heavy atom. The zero-order valence-corrected chi connectivity index (χ0v) is 17.2. The first-order chi connectivity index (χ1) is 13.7. The molecular weight excluding hydrogens is 374 g/mol. The molecule has 0 aromatic heterocycles. The summed E-state index contributed by atoms with van der Waals surface area (Å²) in [7, 11) is 3.23. The van der Waals surface area contributed by atoms with Crippen molar-refractivity contribution >= 4 is 17.7 Å². The Bertz CT molecular complexity index is 760. The van der Waals surface area contributed by atoms with Gasteiger partial charge >= 0.3 is 0 Å². The maximum Gasteiger partial charge on any atom is 0.230 e. The number of hydrogen-bond acceptors (Lipinski definition) is 5. The van der Waals surface area contributed by atoms with E-state index < -0.39 is 0 Å². The highest BCUT2D eigenvalue weighted by Crippen LogP contribution is 2.38. The number of carbonyl (C=O) groups is 1. The second-order valence-electron chi connectivity index (χ2n) is 6.75. The highest BCUT2D eigenvalue weighted by atomic mass is 32.2. The maximum absolute atomic E-state index is 12.2. The molecule has 1 fully saturated rings. The van der Waals surface area contributed by atoms with Crippen LogP contribution < -0.4 is 19.5 Å². The maximum atomic E-state index is 12.2. The molecule has 0 saturated heterocycles. The number of para-hydroxylation sites is 1. The van der Waals surface area contributed by atoms with Gasteiger partial charge in [0, 0.05) is 10.9 Å². The average Bonchev–Trinajstić information content (AvgIpc) is 2.74. The van der Waals surface area contributed by atoms with Gasteiger partial charge in [0.25, 0.3) is 0 Å². The first-order valence-corrected chi connectivity index (χ1v) is 10.5. The monoisotopic (exact) mass is 401 g/mol. The van der Waals surface area contributed by atoms with Gasteiger partial charge in [0.1, 0.15) is 0 Å². The number of carbonyl (C=O) groups excluding carboxylic acids is 1. The van der Waals surface area contributed by atoms with Crippen molar-refractivity contribution in [3.63, 3.8) is 0 Å². The fourth-order valence-corrected chi connectivity index (χ4v) is 4.12. The zero-order chi connectivity index (χ0) is 19.8. The number of nitrogens with one attached hydrogen (secondary N) is 1. The van der Waals surface area contributed by atoms with Crippen molar-refractivity contribution in [2.45, 2.75) is 42.7 Å². The summed E-state index contributed by atoms with van der Waals surface area (Å²) in [6.07, 6.45) is 3.75. The molecule has 1 N–H and O–H groups in total. The Morgan fingerprint density at radius 3 is 2.36 bits per heavy atom. The first kappa shape index (κ1) is 20.4. The fraction of sp³-hybridized carbons (Fsp3) is 0.409. The summed E-state index contributed by atoms with van der Waals surface area (Å²) < 4.78 is 16.9. The molecule has 28 heavy (non-hydrogen) atoms. The van der Waals surface area contributed by atoms with Gasteiger partial charge in [-0.3, -0.25) is 4.79 Å². The lowest BCUT2D eigenvalue weighted by Gasteiger charge is -2.30. The third-order valence-electron chi connectivity index (χ3n) is 4.81. The van der Waals surface area contributed by atoms with Gasteiger partial charge in [-0.05, 0) is 49.9 Å². The summed E-state index contributed by atoms with van der Waals surface area (Å²) in [4.78, 5) is 13.3. The molecule has 0 heterocycles. The zero-order valence-electron chi connectivity index (χ0n) is 16.4. The Morgan fingerprint density at radius 1 is 0.964 bits per heavy atom. The van der Waals surface area contributed by atoms with Crippen LogP contribution in [0.25, 0.3) is 0 Å². The minimum Gasteiger partial charge on any atom is -0.493 e. The number of rotatable bonds is 8. The minimum absolute atomic E-state index is 0.0905. The second-order valence-corrected chi connectivity index (χ2v) is 7.80. The van der Waals surface area contributed by atoms with Crippen molar-refractivity contribution < 1.29 is 19.0 Å². The molecule has 0 atom stereocenters. The Balaban J connectivity index is 1.44. The quantitative estimate of drug-likeness (QED) is 0.668. The summed E-state index contributed by atoms with van der Waals surface area (Å²) in [5.74, 6) is 2.53. The molecule has 1 aliphatic carbocycles. The molecule has 0 unspecified atom stereocenters. The van der Waals surface area contributed by atoms with Gasteiger partial charge in [0.15, 0.2) is 11.5 Å². The summed E-state index contributed by atoms with van der Waals surface area (Å²) in [5.41, 5.74) is 0. The lowest BCUT2D eigenvalue weighted by molar-refractivity contribution is -0.119. The van der Waals surface area contributed by atoms with Gasteiger partial charge in [0.2, 0.25) is 11.7 Å². The van der Waals surface area contributed by atoms with E-state index in [-0.39, 0.29) is 18.1 Å². The number of amides is 1.